The van der Waals surface area contributed by atoms with Crippen LogP contribution in [-0.4, -0.2) is 25.0 Å². The Kier molecular flexibility index (Phi) is 3.06. The lowest BCUT2D eigenvalue weighted by atomic mass is 10.1. The predicted octanol–water partition coefficient (Wildman–Crippen LogP) is 0.901. The van der Waals surface area contributed by atoms with E-state index in [2.05, 4.69) is 17.6 Å². The van der Waals surface area contributed by atoms with Crippen molar-refractivity contribution in [1.29, 1.82) is 0 Å². The van der Waals surface area contributed by atoms with Crippen LogP contribution in [0.5, 0.6) is 0 Å². The molecule has 1 heterocycles. The first-order valence-corrected chi connectivity index (χ1v) is 5.78. The van der Waals surface area contributed by atoms with Crippen molar-refractivity contribution in [2.24, 2.45) is 11.8 Å². The summed E-state index contributed by atoms with van der Waals surface area (Å²) in [5.74, 6) is 1.75. The van der Waals surface area contributed by atoms with Crippen LogP contribution in [0.4, 0.5) is 0 Å². The van der Waals surface area contributed by atoms with E-state index in [4.69, 9.17) is 0 Å². The average Bonchev–Trinajstić information content (AvgIpc) is 2.90. The minimum absolute atomic E-state index is 0.0846. The summed E-state index contributed by atoms with van der Waals surface area (Å²) in [5.41, 5.74) is 0. The van der Waals surface area contributed by atoms with Gasteiger partial charge in [0, 0.05) is 6.54 Å². The van der Waals surface area contributed by atoms with Gasteiger partial charge in [0.1, 0.15) is 0 Å². The Labute approximate surface area is 85.6 Å². The lowest BCUT2D eigenvalue weighted by molar-refractivity contribution is -0.122. The molecule has 0 aromatic heterocycles. The minimum atomic E-state index is 0.0846. The molecule has 0 aromatic rings. The summed E-state index contributed by atoms with van der Waals surface area (Å²) < 4.78 is 0. The molecule has 1 saturated heterocycles. The summed E-state index contributed by atoms with van der Waals surface area (Å²) in [7, 11) is 0. The summed E-state index contributed by atoms with van der Waals surface area (Å²) in [6.45, 7) is 4.10. The van der Waals surface area contributed by atoms with Gasteiger partial charge in [-0.05, 0) is 44.1 Å². The van der Waals surface area contributed by atoms with Gasteiger partial charge in [-0.1, -0.05) is 6.92 Å². The lowest BCUT2D eigenvalue weighted by Gasteiger charge is -2.14. The Hall–Kier alpha value is -0.570. The summed E-state index contributed by atoms with van der Waals surface area (Å²) in [6.07, 6.45) is 4.86. The van der Waals surface area contributed by atoms with Crippen molar-refractivity contribution in [1.82, 2.24) is 10.6 Å². The van der Waals surface area contributed by atoms with Gasteiger partial charge < -0.3 is 10.6 Å². The predicted molar refractivity (Wildman–Crippen MR) is 55.9 cm³/mol. The monoisotopic (exact) mass is 196 g/mol. The van der Waals surface area contributed by atoms with E-state index in [0.29, 0.717) is 5.92 Å². The maximum Gasteiger partial charge on any atom is 0.237 e. The molecule has 0 radical (unpaired) electrons. The third-order valence-electron chi connectivity index (χ3n) is 3.40. The molecular formula is C11H20N2O. The number of nitrogens with one attached hydrogen (secondary N) is 2. The molecule has 1 aliphatic heterocycles. The summed E-state index contributed by atoms with van der Waals surface area (Å²) in [5, 5.41) is 6.26. The Morgan fingerprint density at radius 3 is 2.86 bits per heavy atom. The number of rotatable bonds is 4. The fourth-order valence-electron chi connectivity index (χ4n) is 2.13. The third-order valence-corrected chi connectivity index (χ3v) is 3.40. The van der Waals surface area contributed by atoms with E-state index in [1.165, 1.54) is 12.8 Å². The zero-order valence-electron chi connectivity index (χ0n) is 8.88. The molecule has 2 atom stereocenters. The third kappa shape index (κ3) is 2.47. The van der Waals surface area contributed by atoms with Crippen LogP contribution in [0.3, 0.4) is 0 Å². The number of amides is 1. The first-order valence-electron chi connectivity index (χ1n) is 5.78. The SMILES string of the molecule is CC(CNC(=O)C1CCCN1)C1CC1. The van der Waals surface area contributed by atoms with Gasteiger partial charge in [0.25, 0.3) is 0 Å². The van der Waals surface area contributed by atoms with Gasteiger partial charge in [-0.15, -0.1) is 0 Å². The summed E-state index contributed by atoms with van der Waals surface area (Å²) >= 11 is 0. The molecular weight excluding hydrogens is 176 g/mol. The number of carbonyl (C=O) groups is 1. The fourth-order valence-corrected chi connectivity index (χ4v) is 2.13. The van der Waals surface area contributed by atoms with E-state index in [1.54, 1.807) is 0 Å². The highest BCUT2D eigenvalue weighted by atomic mass is 16.2. The molecule has 2 rings (SSSR count). The molecule has 0 aromatic carbocycles. The van der Waals surface area contributed by atoms with Crippen LogP contribution < -0.4 is 10.6 Å². The molecule has 2 aliphatic rings. The summed E-state index contributed by atoms with van der Waals surface area (Å²) in [4.78, 5) is 11.6. The van der Waals surface area contributed by atoms with Gasteiger partial charge in [-0.25, -0.2) is 0 Å². The lowest BCUT2D eigenvalue weighted by Crippen LogP contribution is -2.42. The second-order valence-electron chi connectivity index (χ2n) is 4.71. The second kappa shape index (κ2) is 4.30. The number of hydrogen-bond acceptors (Lipinski definition) is 2. The van der Waals surface area contributed by atoms with Crippen LogP contribution in [0, 0.1) is 11.8 Å². The van der Waals surface area contributed by atoms with E-state index in [1.807, 2.05) is 0 Å². The highest BCUT2D eigenvalue weighted by molar-refractivity contribution is 5.81. The van der Waals surface area contributed by atoms with Crippen LogP contribution in [0.2, 0.25) is 0 Å². The van der Waals surface area contributed by atoms with Gasteiger partial charge in [-0.3, -0.25) is 4.79 Å². The second-order valence-corrected chi connectivity index (χ2v) is 4.71. The van der Waals surface area contributed by atoms with Gasteiger partial charge in [-0.2, -0.15) is 0 Å². The molecule has 2 fully saturated rings. The van der Waals surface area contributed by atoms with Crippen molar-refractivity contribution < 1.29 is 4.79 Å². The van der Waals surface area contributed by atoms with Crippen LogP contribution in [-0.2, 0) is 4.79 Å². The maximum absolute atomic E-state index is 11.6. The zero-order valence-corrected chi connectivity index (χ0v) is 8.88. The largest absolute Gasteiger partial charge is 0.354 e. The van der Waals surface area contributed by atoms with E-state index < -0.39 is 0 Å². The van der Waals surface area contributed by atoms with Crippen molar-refractivity contribution in [3.05, 3.63) is 0 Å². The van der Waals surface area contributed by atoms with E-state index in [9.17, 15) is 4.79 Å². The van der Waals surface area contributed by atoms with Gasteiger partial charge in [0.2, 0.25) is 5.91 Å². The Balaban J connectivity index is 1.66. The highest BCUT2D eigenvalue weighted by Gasteiger charge is 2.29. The molecule has 1 saturated carbocycles. The fraction of sp³-hybridized carbons (Fsp3) is 0.909. The topological polar surface area (TPSA) is 41.1 Å². The van der Waals surface area contributed by atoms with Gasteiger partial charge in [0.15, 0.2) is 0 Å². The van der Waals surface area contributed by atoms with Crippen molar-refractivity contribution >= 4 is 5.91 Å². The zero-order chi connectivity index (χ0) is 9.97. The smallest absolute Gasteiger partial charge is 0.237 e. The first-order chi connectivity index (χ1) is 6.77. The van der Waals surface area contributed by atoms with Crippen LogP contribution in [0.15, 0.2) is 0 Å². The number of hydrogen-bond donors (Lipinski definition) is 2. The van der Waals surface area contributed by atoms with Crippen LogP contribution in [0.1, 0.15) is 32.6 Å². The molecule has 80 valence electrons. The quantitative estimate of drug-likeness (QED) is 0.701. The van der Waals surface area contributed by atoms with Crippen molar-refractivity contribution in [2.45, 2.75) is 38.6 Å². The molecule has 0 bridgehead atoms. The van der Waals surface area contributed by atoms with Crippen molar-refractivity contribution in [2.75, 3.05) is 13.1 Å². The van der Waals surface area contributed by atoms with E-state index >= 15 is 0 Å². The van der Waals surface area contributed by atoms with Gasteiger partial charge >= 0.3 is 0 Å². The standard InChI is InChI=1S/C11H20N2O/c1-8(9-4-5-9)7-13-11(14)10-3-2-6-12-10/h8-10,12H,2-7H2,1H3,(H,13,14). The Morgan fingerprint density at radius 2 is 2.29 bits per heavy atom. The normalized spacial score (nSPS) is 28.8. The molecule has 1 aliphatic carbocycles. The van der Waals surface area contributed by atoms with Crippen LogP contribution >= 0.6 is 0 Å². The minimum Gasteiger partial charge on any atom is -0.354 e. The molecule has 3 heteroatoms. The molecule has 1 amide bonds. The number of carbonyl (C=O) groups excluding carboxylic acids is 1. The van der Waals surface area contributed by atoms with Crippen molar-refractivity contribution in [3.8, 4) is 0 Å². The maximum atomic E-state index is 11.6. The Morgan fingerprint density at radius 1 is 1.50 bits per heavy atom. The molecule has 3 nitrogen and oxygen atoms in total. The van der Waals surface area contributed by atoms with Gasteiger partial charge in [0.05, 0.1) is 6.04 Å². The molecule has 14 heavy (non-hydrogen) atoms. The van der Waals surface area contributed by atoms with E-state index in [-0.39, 0.29) is 11.9 Å². The van der Waals surface area contributed by atoms with E-state index in [0.717, 1.165) is 31.8 Å². The van der Waals surface area contributed by atoms with Crippen LogP contribution in [0.25, 0.3) is 0 Å². The summed E-state index contributed by atoms with van der Waals surface area (Å²) in [6, 6.07) is 0.0846. The van der Waals surface area contributed by atoms with Crippen molar-refractivity contribution in [3.63, 3.8) is 0 Å². The Bertz CT molecular complexity index is 207. The molecule has 2 unspecified atom stereocenters. The molecule has 2 N–H and O–H groups in total. The molecule has 0 spiro atoms. The first kappa shape index (κ1) is 9.97. The highest BCUT2D eigenvalue weighted by Crippen LogP contribution is 2.36. The average molecular weight is 196 g/mol.